The Kier molecular flexibility index (Phi) is 7.53. The van der Waals surface area contributed by atoms with Crippen LogP contribution in [0, 0.1) is 12.8 Å². The van der Waals surface area contributed by atoms with Crippen LogP contribution in [0.3, 0.4) is 0 Å². The first kappa shape index (κ1) is 23.5. The lowest BCUT2D eigenvalue weighted by molar-refractivity contribution is 0.233. The topological polar surface area (TPSA) is 65.1 Å². The van der Waals surface area contributed by atoms with Gasteiger partial charge in [0.15, 0.2) is 0 Å². The van der Waals surface area contributed by atoms with Gasteiger partial charge < -0.3 is 14.4 Å². The average Bonchev–Trinajstić information content (AvgIpc) is 3.28. The van der Waals surface area contributed by atoms with E-state index in [9.17, 15) is 8.42 Å². The molecule has 0 aromatic heterocycles. The van der Waals surface area contributed by atoms with Crippen LogP contribution in [0.2, 0.25) is 0 Å². The molecule has 3 aromatic rings. The Hall–Kier alpha value is -2.61. The van der Waals surface area contributed by atoms with Crippen LogP contribution in [0.4, 0.5) is 0 Å². The molecule has 1 atom stereocenters. The van der Waals surface area contributed by atoms with Crippen LogP contribution in [0.25, 0.3) is 10.8 Å². The van der Waals surface area contributed by atoms with Crippen LogP contribution in [0.1, 0.15) is 18.4 Å². The molecule has 1 aliphatic rings. The molecule has 1 fully saturated rings. The van der Waals surface area contributed by atoms with Crippen LogP contribution in [0.15, 0.2) is 65.6 Å². The summed E-state index contributed by atoms with van der Waals surface area (Å²) in [6.45, 7) is 5.49. The molecule has 1 unspecified atom stereocenters. The molecule has 0 bridgehead atoms. The number of methoxy groups -OCH3 is 1. The Morgan fingerprint density at radius 3 is 2.67 bits per heavy atom. The molecule has 33 heavy (non-hydrogen) atoms. The molecule has 1 aliphatic heterocycles. The van der Waals surface area contributed by atoms with Crippen molar-refractivity contribution in [2.24, 2.45) is 5.92 Å². The van der Waals surface area contributed by atoms with E-state index in [-0.39, 0.29) is 17.4 Å². The Morgan fingerprint density at radius 1 is 1.06 bits per heavy atom. The lowest BCUT2D eigenvalue weighted by Crippen LogP contribution is -2.24. The predicted molar refractivity (Wildman–Crippen MR) is 129 cm³/mol. The maximum Gasteiger partial charge on any atom is 0.296 e. The third kappa shape index (κ3) is 6.05. The molecule has 0 radical (unpaired) electrons. The average molecular weight is 470 g/mol. The molecular formula is C26H31NO5S. The molecule has 0 N–H and O–H groups in total. The fourth-order valence-electron chi connectivity index (χ4n) is 4.17. The van der Waals surface area contributed by atoms with Crippen molar-refractivity contribution < 1.29 is 22.1 Å². The number of fused-ring (bicyclic) bond motifs is 1. The van der Waals surface area contributed by atoms with E-state index in [1.165, 1.54) is 0 Å². The van der Waals surface area contributed by atoms with Crippen molar-refractivity contribution in [1.29, 1.82) is 0 Å². The molecule has 0 saturated carbocycles. The number of hydrogen-bond donors (Lipinski definition) is 0. The first-order valence-electron chi connectivity index (χ1n) is 11.3. The molecule has 1 saturated heterocycles. The first-order valence-corrected chi connectivity index (χ1v) is 12.7. The van der Waals surface area contributed by atoms with Gasteiger partial charge in [-0.1, -0.05) is 29.8 Å². The van der Waals surface area contributed by atoms with Crippen molar-refractivity contribution >= 4 is 20.9 Å². The highest BCUT2D eigenvalue weighted by atomic mass is 32.2. The Morgan fingerprint density at radius 2 is 1.88 bits per heavy atom. The number of ether oxygens (including phenoxy) is 2. The summed E-state index contributed by atoms with van der Waals surface area (Å²) < 4.78 is 41.5. The van der Waals surface area contributed by atoms with Gasteiger partial charge in [0.25, 0.3) is 10.1 Å². The van der Waals surface area contributed by atoms with Gasteiger partial charge in [-0.05, 0) is 74.0 Å². The summed E-state index contributed by atoms with van der Waals surface area (Å²) in [4.78, 5) is 2.57. The number of hydrogen-bond acceptors (Lipinski definition) is 6. The Labute approximate surface area is 196 Å². The van der Waals surface area contributed by atoms with Crippen molar-refractivity contribution in [3.8, 4) is 11.5 Å². The standard InChI is InChI=1S/C26H31NO5S/c1-20-7-10-24(11-8-20)33(28,29)32-19-21-13-15-27(18-21)14-4-16-31-26-6-3-5-22-17-23(30-2)9-12-25(22)26/h3,5-12,17,21H,4,13-16,18-19H2,1-2H3. The Bertz CT molecular complexity index is 1180. The van der Waals surface area contributed by atoms with Gasteiger partial charge >= 0.3 is 0 Å². The van der Waals surface area contributed by atoms with Crippen molar-refractivity contribution in [1.82, 2.24) is 4.90 Å². The smallest absolute Gasteiger partial charge is 0.296 e. The number of likely N-dealkylation sites (tertiary alicyclic amines) is 1. The zero-order chi connectivity index (χ0) is 23.3. The maximum atomic E-state index is 12.4. The summed E-state index contributed by atoms with van der Waals surface area (Å²) in [5.41, 5.74) is 1.02. The van der Waals surface area contributed by atoms with Crippen molar-refractivity contribution in [3.63, 3.8) is 0 Å². The quantitative estimate of drug-likeness (QED) is 0.318. The van der Waals surface area contributed by atoms with E-state index in [4.69, 9.17) is 13.7 Å². The third-order valence-corrected chi connectivity index (χ3v) is 7.36. The van der Waals surface area contributed by atoms with Crippen LogP contribution in [0.5, 0.6) is 11.5 Å². The molecular weight excluding hydrogens is 438 g/mol. The summed E-state index contributed by atoms with van der Waals surface area (Å²) in [7, 11) is -2.04. The molecule has 6 nitrogen and oxygen atoms in total. The van der Waals surface area contributed by atoms with E-state index < -0.39 is 10.1 Å². The molecule has 3 aromatic carbocycles. The van der Waals surface area contributed by atoms with E-state index in [1.807, 2.05) is 37.3 Å². The lowest BCUT2D eigenvalue weighted by atomic mass is 10.1. The van der Waals surface area contributed by atoms with Gasteiger partial charge in [0.05, 0.1) is 25.2 Å². The highest BCUT2D eigenvalue weighted by Crippen LogP contribution is 2.29. The molecule has 1 heterocycles. The van der Waals surface area contributed by atoms with Gasteiger partial charge in [0, 0.05) is 18.5 Å². The molecule has 4 rings (SSSR count). The number of benzene rings is 3. The minimum absolute atomic E-state index is 0.215. The monoisotopic (exact) mass is 469 g/mol. The molecule has 0 aliphatic carbocycles. The van der Waals surface area contributed by atoms with Gasteiger partial charge in [0.1, 0.15) is 11.5 Å². The van der Waals surface area contributed by atoms with E-state index in [2.05, 4.69) is 11.0 Å². The van der Waals surface area contributed by atoms with Gasteiger partial charge in [-0.25, -0.2) is 0 Å². The number of nitrogens with zero attached hydrogens (tertiary/aromatic N) is 1. The summed E-state index contributed by atoms with van der Waals surface area (Å²) in [5.74, 6) is 1.93. The zero-order valence-electron chi connectivity index (χ0n) is 19.2. The SMILES string of the molecule is COc1ccc2c(OCCCN3CCC(COS(=O)(=O)c4ccc(C)cc4)C3)cccc2c1. The minimum atomic E-state index is -3.70. The van der Waals surface area contributed by atoms with Gasteiger partial charge in [-0.3, -0.25) is 4.18 Å². The molecule has 7 heteroatoms. The molecule has 0 spiro atoms. The predicted octanol–water partition coefficient (Wildman–Crippen LogP) is 4.65. The van der Waals surface area contributed by atoms with Crippen LogP contribution in [-0.2, 0) is 14.3 Å². The van der Waals surface area contributed by atoms with Crippen molar-refractivity contribution in [3.05, 3.63) is 66.2 Å². The zero-order valence-corrected chi connectivity index (χ0v) is 20.0. The summed E-state index contributed by atoms with van der Waals surface area (Å²) in [6, 6.07) is 18.8. The second-order valence-corrected chi connectivity index (χ2v) is 10.2. The second kappa shape index (κ2) is 10.5. The number of rotatable bonds is 10. The van der Waals surface area contributed by atoms with E-state index in [1.54, 1.807) is 31.4 Å². The fourth-order valence-corrected chi connectivity index (χ4v) is 5.14. The largest absolute Gasteiger partial charge is 0.497 e. The van der Waals surface area contributed by atoms with E-state index in [0.717, 1.165) is 60.3 Å². The van der Waals surface area contributed by atoms with Crippen molar-refractivity contribution in [2.45, 2.75) is 24.7 Å². The summed E-state index contributed by atoms with van der Waals surface area (Å²) >= 11 is 0. The van der Waals surface area contributed by atoms with Gasteiger partial charge in [-0.15, -0.1) is 0 Å². The van der Waals surface area contributed by atoms with Gasteiger partial charge in [-0.2, -0.15) is 8.42 Å². The van der Waals surface area contributed by atoms with Crippen LogP contribution in [-0.4, -0.2) is 53.3 Å². The first-order chi connectivity index (χ1) is 15.9. The Balaban J connectivity index is 1.20. The lowest BCUT2D eigenvalue weighted by Gasteiger charge is -2.16. The van der Waals surface area contributed by atoms with Crippen LogP contribution >= 0.6 is 0 Å². The minimum Gasteiger partial charge on any atom is -0.497 e. The van der Waals surface area contributed by atoms with Gasteiger partial charge in [0.2, 0.25) is 0 Å². The fraction of sp³-hybridized carbons (Fsp3) is 0.385. The third-order valence-electron chi connectivity index (χ3n) is 6.06. The number of aryl methyl sites for hydroxylation is 1. The normalized spacial score (nSPS) is 16.8. The summed E-state index contributed by atoms with van der Waals surface area (Å²) in [5, 5.41) is 2.17. The highest BCUT2D eigenvalue weighted by molar-refractivity contribution is 7.86. The maximum absolute atomic E-state index is 12.4. The summed E-state index contributed by atoms with van der Waals surface area (Å²) in [6.07, 6.45) is 1.84. The molecule has 0 amide bonds. The second-order valence-electron chi connectivity index (χ2n) is 8.55. The van der Waals surface area contributed by atoms with Crippen molar-refractivity contribution in [2.75, 3.05) is 40.0 Å². The highest BCUT2D eigenvalue weighted by Gasteiger charge is 2.25. The molecule has 176 valence electrons. The van der Waals surface area contributed by atoms with E-state index >= 15 is 0 Å². The van der Waals surface area contributed by atoms with Crippen LogP contribution < -0.4 is 9.47 Å². The van der Waals surface area contributed by atoms with E-state index in [0.29, 0.717) is 6.61 Å².